The van der Waals surface area contributed by atoms with Crippen LogP contribution in [0.3, 0.4) is 0 Å². The van der Waals surface area contributed by atoms with Gasteiger partial charge in [-0.1, -0.05) is 85.8 Å². The molecule has 1 aliphatic heterocycles. The third kappa shape index (κ3) is 6.87. The highest BCUT2D eigenvalue weighted by atomic mass is 32.2. The van der Waals surface area contributed by atoms with E-state index in [4.69, 9.17) is 5.73 Å². The van der Waals surface area contributed by atoms with Gasteiger partial charge in [-0.2, -0.15) is 0 Å². The number of benzene rings is 1. The molecule has 1 spiro atoms. The van der Waals surface area contributed by atoms with Crippen LogP contribution in [0.15, 0.2) is 35.4 Å². The summed E-state index contributed by atoms with van der Waals surface area (Å²) in [6.45, 7) is 12.3. The first-order valence-electron chi connectivity index (χ1n) is 19.2. The van der Waals surface area contributed by atoms with Crippen LogP contribution in [0.4, 0.5) is 0 Å². The van der Waals surface area contributed by atoms with Gasteiger partial charge in [-0.15, -0.1) is 0 Å². The number of carbonyl (C=O) groups is 4. The van der Waals surface area contributed by atoms with E-state index in [2.05, 4.69) is 34.2 Å². The van der Waals surface area contributed by atoms with Crippen molar-refractivity contribution in [3.05, 3.63) is 30.5 Å². The van der Waals surface area contributed by atoms with E-state index in [1.54, 1.807) is 29.3 Å². The van der Waals surface area contributed by atoms with Crippen LogP contribution in [0.1, 0.15) is 112 Å². The fraction of sp³-hybridized carbons (Fsp3) is 0.692. The number of amides is 4. The molecule has 4 aliphatic rings. The zero-order valence-corrected chi connectivity index (χ0v) is 32.5. The number of hydrogen-bond acceptors (Lipinski definition) is 7. The summed E-state index contributed by atoms with van der Waals surface area (Å²) >= 11 is 0. The van der Waals surface area contributed by atoms with Crippen molar-refractivity contribution < 1.29 is 27.6 Å². The number of carbonyl (C=O) groups excluding carboxylic acids is 4. The van der Waals surface area contributed by atoms with Crippen LogP contribution in [0.2, 0.25) is 0 Å². The predicted molar refractivity (Wildman–Crippen MR) is 199 cm³/mol. The van der Waals surface area contributed by atoms with E-state index in [9.17, 15) is 27.6 Å². The minimum absolute atomic E-state index is 0.0595. The molecular weight excluding hydrogens is 681 g/mol. The number of sulfonamides is 1. The minimum atomic E-state index is -4.30. The van der Waals surface area contributed by atoms with Crippen molar-refractivity contribution in [2.45, 2.75) is 141 Å². The van der Waals surface area contributed by atoms with Crippen molar-refractivity contribution in [2.75, 3.05) is 6.54 Å². The molecule has 52 heavy (non-hydrogen) atoms. The minimum Gasteiger partial charge on any atom is -0.360 e. The Bertz CT molecular complexity index is 1830. The molecule has 0 unspecified atom stereocenters. The molecule has 4 fully saturated rings. The smallest absolute Gasteiger partial charge is 0.266 e. The van der Waals surface area contributed by atoms with Gasteiger partial charge in [0.1, 0.15) is 22.5 Å². The lowest BCUT2D eigenvalue weighted by Crippen LogP contribution is -2.61. The lowest BCUT2D eigenvalue weighted by Gasteiger charge is -2.39. The molecule has 0 bridgehead atoms. The summed E-state index contributed by atoms with van der Waals surface area (Å²) in [4.78, 5) is 61.5. The van der Waals surface area contributed by atoms with Crippen molar-refractivity contribution in [3.8, 4) is 0 Å². The standard InChI is InChI=1S/C39H58N6O6S/c1-7-26-21-39(26,35(49)44-52(50,51)28-16-11-15-25-17-20-41-30(25)28)43-32(46)27-22-38(19-12-18-37(38,5)6)23-45(27)34(48)31(36(2,3)4)42-33(47)29(40)24-13-9-8-10-14-24/h11,15-17,20,24,26-27,29,31,41H,7-10,12-14,18-19,21-23,40H2,1-6H3,(H,42,47)(H,43,46)(H,44,49)/t26-,27+,29+,31-,38+,39-/m1/s1. The van der Waals surface area contributed by atoms with Crippen molar-refractivity contribution in [2.24, 2.45) is 33.8 Å². The number of para-hydroxylation sites is 1. The molecule has 0 radical (unpaired) electrons. The van der Waals surface area contributed by atoms with Crippen molar-refractivity contribution >= 4 is 44.6 Å². The van der Waals surface area contributed by atoms with Gasteiger partial charge in [0.05, 0.1) is 11.6 Å². The van der Waals surface area contributed by atoms with Crippen LogP contribution in [0, 0.1) is 28.1 Å². The topological polar surface area (TPSA) is 184 Å². The molecule has 1 saturated heterocycles. The molecule has 6 atom stereocenters. The number of rotatable bonds is 10. The van der Waals surface area contributed by atoms with E-state index in [-0.39, 0.29) is 45.8 Å². The number of nitrogens with zero attached hydrogens (tertiary/aromatic N) is 1. The van der Waals surface area contributed by atoms with Crippen LogP contribution in [0.25, 0.3) is 10.9 Å². The molecule has 286 valence electrons. The Balaban J connectivity index is 1.27. The van der Waals surface area contributed by atoms with Crippen molar-refractivity contribution in [3.63, 3.8) is 0 Å². The van der Waals surface area contributed by atoms with Gasteiger partial charge < -0.3 is 26.3 Å². The molecule has 2 aromatic rings. The quantitative estimate of drug-likeness (QED) is 0.238. The number of likely N-dealkylation sites (tertiary alicyclic amines) is 1. The van der Waals surface area contributed by atoms with Crippen LogP contribution in [-0.2, 0) is 29.2 Å². The summed E-state index contributed by atoms with van der Waals surface area (Å²) in [5.41, 5.74) is 4.25. The lowest BCUT2D eigenvalue weighted by molar-refractivity contribution is -0.145. The summed E-state index contributed by atoms with van der Waals surface area (Å²) in [6, 6.07) is 3.99. The Morgan fingerprint density at radius 1 is 1.02 bits per heavy atom. The third-order valence-corrected chi connectivity index (χ3v) is 14.6. The first-order valence-corrected chi connectivity index (χ1v) is 20.7. The molecule has 6 N–H and O–H groups in total. The second-order valence-corrected chi connectivity index (χ2v) is 19.5. The normalized spacial score (nSPS) is 28.8. The zero-order chi connectivity index (χ0) is 37.9. The Labute approximate surface area is 308 Å². The average molecular weight is 739 g/mol. The van der Waals surface area contributed by atoms with E-state index >= 15 is 0 Å². The average Bonchev–Trinajstić information content (AvgIpc) is 3.35. The molecule has 12 nitrogen and oxygen atoms in total. The number of nitrogens with two attached hydrogens (primary N) is 1. The summed E-state index contributed by atoms with van der Waals surface area (Å²) in [5.74, 6) is -2.20. The number of nitrogens with one attached hydrogen (secondary N) is 4. The monoisotopic (exact) mass is 738 g/mol. The van der Waals surface area contributed by atoms with E-state index in [0.717, 1.165) is 51.4 Å². The van der Waals surface area contributed by atoms with E-state index < -0.39 is 50.9 Å². The van der Waals surface area contributed by atoms with Gasteiger partial charge in [-0.3, -0.25) is 19.2 Å². The van der Waals surface area contributed by atoms with Crippen LogP contribution < -0.4 is 21.1 Å². The summed E-state index contributed by atoms with van der Waals surface area (Å²) in [5, 5.41) is 6.69. The van der Waals surface area contributed by atoms with Crippen LogP contribution in [-0.4, -0.2) is 72.1 Å². The van der Waals surface area contributed by atoms with Crippen molar-refractivity contribution in [1.82, 2.24) is 25.2 Å². The summed E-state index contributed by atoms with van der Waals surface area (Å²) < 4.78 is 29.5. The van der Waals surface area contributed by atoms with Crippen molar-refractivity contribution in [1.29, 1.82) is 0 Å². The van der Waals surface area contributed by atoms with E-state index in [1.807, 2.05) is 27.7 Å². The molecule has 13 heteroatoms. The number of hydrogen-bond donors (Lipinski definition) is 5. The lowest BCUT2D eigenvalue weighted by atomic mass is 9.66. The Kier molecular flexibility index (Phi) is 10.1. The Morgan fingerprint density at radius 3 is 2.35 bits per heavy atom. The largest absolute Gasteiger partial charge is 0.360 e. The van der Waals surface area contributed by atoms with Crippen LogP contribution in [0.5, 0.6) is 0 Å². The van der Waals surface area contributed by atoms with Gasteiger partial charge >= 0.3 is 0 Å². The number of aromatic amines is 1. The SMILES string of the molecule is CC[C@@H]1C[C@]1(NC(=O)[C@@H]1C[C@@]2(CCCC2(C)C)CN1C(=O)[C@@H](NC(=O)[C@@H](N)C1CCCCC1)C(C)(C)C)C(=O)NS(=O)(=O)c1cccc2cc[nH]c12. The van der Waals surface area contributed by atoms with Gasteiger partial charge in [0.15, 0.2) is 0 Å². The fourth-order valence-corrected chi connectivity index (χ4v) is 10.8. The Morgan fingerprint density at radius 2 is 1.73 bits per heavy atom. The van der Waals surface area contributed by atoms with Crippen LogP contribution >= 0.6 is 0 Å². The first-order chi connectivity index (χ1) is 24.4. The number of aromatic nitrogens is 1. The summed E-state index contributed by atoms with van der Waals surface area (Å²) in [7, 11) is -4.30. The molecule has 3 aliphatic carbocycles. The maximum Gasteiger partial charge on any atom is 0.266 e. The molecular formula is C39H58N6O6S. The zero-order valence-electron chi connectivity index (χ0n) is 31.6. The molecule has 3 saturated carbocycles. The molecule has 2 heterocycles. The van der Waals surface area contributed by atoms with Gasteiger partial charge in [-0.25, -0.2) is 13.1 Å². The Hall–Kier alpha value is -3.45. The highest BCUT2D eigenvalue weighted by Crippen LogP contribution is 2.59. The summed E-state index contributed by atoms with van der Waals surface area (Å²) in [6.07, 6.45) is 10.6. The molecule has 1 aromatic carbocycles. The molecule has 1 aromatic heterocycles. The van der Waals surface area contributed by atoms with E-state index in [0.29, 0.717) is 30.3 Å². The van der Waals surface area contributed by atoms with Gasteiger partial charge in [0.2, 0.25) is 17.7 Å². The van der Waals surface area contributed by atoms with E-state index in [1.165, 1.54) is 6.07 Å². The maximum atomic E-state index is 14.8. The highest BCUT2D eigenvalue weighted by molar-refractivity contribution is 7.90. The second kappa shape index (κ2) is 13.8. The number of fused-ring (bicyclic) bond motifs is 1. The van der Waals surface area contributed by atoms with Gasteiger partial charge in [0, 0.05) is 18.1 Å². The highest BCUT2D eigenvalue weighted by Gasteiger charge is 2.64. The third-order valence-electron chi connectivity index (χ3n) is 13.2. The maximum absolute atomic E-state index is 14.8. The fourth-order valence-electron chi connectivity index (χ4n) is 9.51. The second-order valence-electron chi connectivity index (χ2n) is 17.8. The molecule has 4 amide bonds. The van der Waals surface area contributed by atoms with Gasteiger partial charge in [0.25, 0.3) is 15.9 Å². The van der Waals surface area contributed by atoms with Gasteiger partial charge in [-0.05, 0) is 78.7 Å². The number of H-pyrrole nitrogens is 1. The predicted octanol–water partition coefficient (Wildman–Crippen LogP) is 4.49. The molecule has 6 rings (SSSR count). The first kappa shape index (κ1) is 38.3.